The summed E-state index contributed by atoms with van der Waals surface area (Å²) in [5, 5.41) is 13.7. The molecule has 1 aromatic heterocycles. The van der Waals surface area contributed by atoms with Crippen molar-refractivity contribution in [2.75, 3.05) is 13.2 Å². The number of amides is 2. The molecule has 0 saturated carbocycles. The standard InChI is InChI=1S/C15H27N8O8P/c16-9(4-8-5-19-7-21-8)12(24)23-11(6-31-32(28,29)30)13(25)22-10(14(26)27)2-1-3-20-15(17)18/h5,7,9-11H,1-4,6,16H2,(H,19,21)(H,22,25)(H,23,24)(H,26,27)(H4,17,18,20)(H2,28,29,30)/t9-,10-,11-/m0/s1. The number of nitrogens with one attached hydrogen (secondary N) is 3. The zero-order chi connectivity index (χ0) is 24.3. The fourth-order valence-corrected chi connectivity index (χ4v) is 2.74. The molecule has 17 heteroatoms. The van der Waals surface area contributed by atoms with Crippen LogP contribution in [0.2, 0.25) is 0 Å². The lowest BCUT2D eigenvalue weighted by atomic mass is 10.1. The smallest absolute Gasteiger partial charge is 0.469 e. The Labute approximate surface area is 182 Å². The number of carbonyl (C=O) groups excluding carboxylic acids is 2. The van der Waals surface area contributed by atoms with Crippen molar-refractivity contribution in [2.45, 2.75) is 37.4 Å². The number of carbonyl (C=O) groups is 3. The minimum atomic E-state index is -4.99. The Morgan fingerprint density at radius 2 is 1.88 bits per heavy atom. The molecule has 0 bridgehead atoms. The Kier molecular flexibility index (Phi) is 10.7. The van der Waals surface area contributed by atoms with Gasteiger partial charge < -0.3 is 47.7 Å². The van der Waals surface area contributed by atoms with Crippen LogP contribution in [-0.4, -0.2) is 79.9 Å². The van der Waals surface area contributed by atoms with Crippen molar-refractivity contribution in [3.05, 3.63) is 18.2 Å². The number of aromatic amines is 1. The van der Waals surface area contributed by atoms with Gasteiger partial charge in [-0.15, -0.1) is 0 Å². The Balaban J connectivity index is 2.81. The second-order valence-electron chi connectivity index (χ2n) is 6.58. The molecule has 0 spiro atoms. The second kappa shape index (κ2) is 12.7. The first-order valence-electron chi connectivity index (χ1n) is 9.21. The lowest BCUT2D eigenvalue weighted by molar-refractivity contribution is -0.142. The van der Waals surface area contributed by atoms with Gasteiger partial charge in [-0.2, -0.15) is 0 Å². The van der Waals surface area contributed by atoms with E-state index in [1.54, 1.807) is 0 Å². The average molecular weight is 478 g/mol. The molecular formula is C15H27N8O8P. The third kappa shape index (κ3) is 10.8. The molecule has 0 aliphatic heterocycles. The van der Waals surface area contributed by atoms with E-state index in [9.17, 15) is 24.1 Å². The number of carboxylic acid groups (broad SMARTS) is 1. The summed E-state index contributed by atoms with van der Waals surface area (Å²) in [7, 11) is -4.99. The molecule has 2 amide bonds. The van der Waals surface area contributed by atoms with E-state index in [-0.39, 0.29) is 31.8 Å². The number of aliphatic imine (C=N–C) groups is 1. The van der Waals surface area contributed by atoms with Gasteiger partial charge in [0.2, 0.25) is 11.8 Å². The minimum Gasteiger partial charge on any atom is -0.480 e. The van der Waals surface area contributed by atoms with Crippen LogP contribution in [0, 0.1) is 0 Å². The summed E-state index contributed by atoms with van der Waals surface area (Å²) in [4.78, 5) is 64.4. The van der Waals surface area contributed by atoms with Gasteiger partial charge in [-0.25, -0.2) is 14.3 Å². The summed E-state index contributed by atoms with van der Waals surface area (Å²) in [5.74, 6) is -3.44. The van der Waals surface area contributed by atoms with Crippen LogP contribution in [0.15, 0.2) is 17.5 Å². The number of phosphoric acid groups is 1. The predicted molar refractivity (Wildman–Crippen MR) is 110 cm³/mol. The average Bonchev–Trinajstić information content (AvgIpc) is 3.18. The molecule has 0 radical (unpaired) electrons. The monoisotopic (exact) mass is 478 g/mol. The highest BCUT2D eigenvalue weighted by Gasteiger charge is 2.30. The molecule has 1 heterocycles. The van der Waals surface area contributed by atoms with Crippen LogP contribution in [-0.2, 0) is 29.9 Å². The topological polar surface area (TPSA) is 281 Å². The van der Waals surface area contributed by atoms with Crippen LogP contribution in [0.1, 0.15) is 18.5 Å². The van der Waals surface area contributed by atoms with Crippen molar-refractivity contribution in [3.63, 3.8) is 0 Å². The van der Waals surface area contributed by atoms with Crippen LogP contribution in [0.4, 0.5) is 0 Å². The number of guanidine groups is 1. The van der Waals surface area contributed by atoms with Gasteiger partial charge in [-0.05, 0) is 12.8 Å². The zero-order valence-corrected chi connectivity index (χ0v) is 17.8. The number of H-pyrrole nitrogens is 1. The maximum atomic E-state index is 12.5. The van der Waals surface area contributed by atoms with Gasteiger partial charge in [-0.3, -0.25) is 19.1 Å². The number of hydrogen-bond acceptors (Lipinski definition) is 8. The van der Waals surface area contributed by atoms with Gasteiger partial charge in [0.05, 0.1) is 19.0 Å². The lowest BCUT2D eigenvalue weighted by Gasteiger charge is -2.23. The zero-order valence-electron chi connectivity index (χ0n) is 16.9. The molecule has 3 atom stereocenters. The van der Waals surface area contributed by atoms with Gasteiger partial charge in [-0.1, -0.05) is 0 Å². The largest absolute Gasteiger partial charge is 0.480 e. The summed E-state index contributed by atoms with van der Waals surface area (Å²) in [6.45, 7) is -0.815. The molecule has 0 aliphatic carbocycles. The van der Waals surface area contributed by atoms with Crippen LogP contribution < -0.4 is 27.8 Å². The predicted octanol–water partition coefficient (Wildman–Crippen LogP) is -3.50. The molecule has 16 nitrogen and oxygen atoms in total. The molecule has 0 unspecified atom stereocenters. The molecule has 0 fully saturated rings. The van der Waals surface area contributed by atoms with E-state index >= 15 is 0 Å². The summed E-state index contributed by atoms with van der Waals surface area (Å²) >= 11 is 0. The molecule has 12 N–H and O–H groups in total. The number of phosphoric ester groups is 1. The highest BCUT2D eigenvalue weighted by atomic mass is 31.2. The SMILES string of the molecule is NC(N)=NCCC[C@H](NC(=O)[C@H](COP(=O)(O)O)NC(=O)[C@@H](N)Cc1cnc[nH]1)C(=O)O. The molecule has 180 valence electrons. The summed E-state index contributed by atoms with van der Waals surface area (Å²) in [6.07, 6.45) is 3.00. The molecule has 1 rings (SSSR count). The lowest BCUT2D eigenvalue weighted by Crippen LogP contribution is -2.56. The molecule has 0 aromatic carbocycles. The Hall–Kier alpha value is -3.04. The number of aliphatic carboxylic acids is 1. The fourth-order valence-electron chi connectivity index (χ4n) is 2.39. The van der Waals surface area contributed by atoms with Crippen LogP contribution >= 0.6 is 7.82 Å². The van der Waals surface area contributed by atoms with E-state index in [1.807, 2.05) is 0 Å². The highest BCUT2D eigenvalue weighted by molar-refractivity contribution is 7.46. The maximum absolute atomic E-state index is 12.5. The first kappa shape index (κ1) is 27.0. The summed E-state index contributed by atoms with van der Waals surface area (Å²) in [6, 6.07) is -4.16. The number of hydrogen-bond donors (Lipinski definition) is 9. The van der Waals surface area contributed by atoms with Crippen molar-refractivity contribution < 1.29 is 38.4 Å². The fraction of sp³-hybridized carbons (Fsp3) is 0.533. The number of rotatable bonds is 14. The van der Waals surface area contributed by atoms with Crippen molar-refractivity contribution >= 4 is 31.6 Å². The van der Waals surface area contributed by atoms with Crippen LogP contribution in [0.25, 0.3) is 0 Å². The minimum absolute atomic E-state index is 0.0298. The van der Waals surface area contributed by atoms with E-state index in [4.69, 9.17) is 27.0 Å². The normalized spacial score (nSPS) is 14.1. The second-order valence-corrected chi connectivity index (χ2v) is 7.82. The summed E-state index contributed by atoms with van der Waals surface area (Å²) < 4.78 is 15.3. The number of imidazole rings is 1. The van der Waals surface area contributed by atoms with Gasteiger partial charge in [0, 0.05) is 24.9 Å². The third-order valence-electron chi connectivity index (χ3n) is 3.93. The highest BCUT2D eigenvalue weighted by Crippen LogP contribution is 2.35. The quantitative estimate of drug-likeness (QED) is 0.0545. The van der Waals surface area contributed by atoms with Gasteiger partial charge in [0.15, 0.2) is 5.96 Å². The van der Waals surface area contributed by atoms with Crippen molar-refractivity contribution in [2.24, 2.45) is 22.2 Å². The van der Waals surface area contributed by atoms with E-state index in [2.05, 4.69) is 30.1 Å². The molecule has 0 aliphatic rings. The molecule has 0 saturated heterocycles. The Bertz CT molecular complexity index is 838. The number of aromatic nitrogens is 2. The number of nitrogens with two attached hydrogens (primary N) is 3. The first-order chi connectivity index (χ1) is 14.9. The maximum Gasteiger partial charge on any atom is 0.469 e. The molecule has 32 heavy (non-hydrogen) atoms. The van der Waals surface area contributed by atoms with E-state index in [0.29, 0.717) is 5.69 Å². The van der Waals surface area contributed by atoms with Crippen molar-refractivity contribution in [3.8, 4) is 0 Å². The van der Waals surface area contributed by atoms with E-state index < -0.39 is 50.3 Å². The van der Waals surface area contributed by atoms with Crippen molar-refractivity contribution in [1.82, 2.24) is 20.6 Å². The third-order valence-corrected chi connectivity index (χ3v) is 4.42. The summed E-state index contributed by atoms with van der Waals surface area (Å²) in [5.41, 5.74) is 16.7. The van der Waals surface area contributed by atoms with Crippen LogP contribution in [0.5, 0.6) is 0 Å². The number of nitrogens with zero attached hydrogens (tertiary/aromatic N) is 2. The van der Waals surface area contributed by atoms with E-state index in [0.717, 1.165) is 0 Å². The Morgan fingerprint density at radius 1 is 1.22 bits per heavy atom. The van der Waals surface area contributed by atoms with Gasteiger partial charge in [0.1, 0.15) is 12.1 Å². The molecule has 1 aromatic rings. The number of carboxylic acids is 1. The van der Waals surface area contributed by atoms with Crippen molar-refractivity contribution in [1.29, 1.82) is 0 Å². The van der Waals surface area contributed by atoms with Gasteiger partial charge >= 0.3 is 13.8 Å². The van der Waals surface area contributed by atoms with Crippen LogP contribution in [0.3, 0.4) is 0 Å². The molecular weight excluding hydrogens is 451 g/mol. The Morgan fingerprint density at radius 3 is 2.41 bits per heavy atom. The van der Waals surface area contributed by atoms with E-state index in [1.165, 1.54) is 12.5 Å². The first-order valence-corrected chi connectivity index (χ1v) is 10.7. The van der Waals surface area contributed by atoms with Gasteiger partial charge in [0.25, 0.3) is 0 Å².